The van der Waals surface area contributed by atoms with Crippen LogP contribution in [0.5, 0.6) is 5.75 Å². The number of benzene rings is 2. The molecule has 1 amide bonds. The minimum absolute atomic E-state index is 0.0721. The smallest absolute Gasteiger partial charge is 0.406 e. The molecule has 11 heteroatoms. The van der Waals surface area contributed by atoms with Crippen molar-refractivity contribution in [3.05, 3.63) is 65.7 Å². The molecule has 0 aromatic heterocycles. The molecule has 0 N–H and O–H groups in total. The van der Waals surface area contributed by atoms with Gasteiger partial charge in [0.2, 0.25) is 15.9 Å². The number of sulfonamides is 1. The summed E-state index contributed by atoms with van der Waals surface area (Å²) in [7, 11) is -1.73. The number of carbonyl (C=O) groups is 1. The number of alkyl halides is 3. The number of ether oxygens (including phenoxy) is 1. The maximum absolute atomic E-state index is 12.7. The minimum Gasteiger partial charge on any atom is -0.406 e. The molecule has 0 aliphatic carbocycles. The van der Waals surface area contributed by atoms with E-state index in [0.29, 0.717) is 19.6 Å². The zero-order valence-electron chi connectivity index (χ0n) is 18.2. The van der Waals surface area contributed by atoms with Gasteiger partial charge in [0.25, 0.3) is 0 Å². The first kappa shape index (κ1) is 25.0. The summed E-state index contributed by atoms with van der Waals surface area (Å²) >= 11 is 0. The number of nitrogens with zero attached hydrogens (tertiary/aromatic N) is 3. The minimum atomic E-state index is -4.74. The fraction of sp³-hybridized carbons (Fsp3) is 0.409. The van der Waals surface area contributed by atoms with Crippen molar-refractivity contribution >= 4 is 15.9 Å². The van der Waals surface area contributed by atoms with Crippen molar-refractivity contribution < 1.29 is 31.1 Å². The lowest BCUT2D eigenvalue weighted by Crippen LogP contribution is -2.52. The molecule has 1 aliphatic heterocycles. The molecule has 0 radical (unpaired) electrons. The number of rotatable bonds is 8. The first-order chi connectivity index (χ1) is 15.5. The van der Waals surface area contributed by atoms with E-state index in [1.807, 2.05) is 6.07 Å². The molecule has 33 heavy (non-hydrogen) atoms. The van der Waals surface area contributed by atoms with E-state index in [0.717, 1.165) is 11.1 Å². The number of halogens is 3. The van der Waals surface area contributed by atoms with Crippen molar-refractivity contribution in [1.29, 1.82) is 0 Å². The highest BCUT2D eigenvalue weighted by atomic mass is 32.2. The average molecular weight is 486 g/mol. The van der Waals surface area contributed by atoms with Crippen LogP contribution >= 0.6 is 0 Å². The van der Waals surface area contributed by atoms with Crippen molar-refractivity contribution in [3.63, 3.8) is 0 Å². The quantitative estimate of drug-likeness (QED) is 0.575. The Labute approximate surface area is 191 Å². The van der Waals surface area contributed by atoms with E-state index in [1.165, 1.54) is 28.6 Å². The molecule has 1 saturated heterocycles. The topological polar surface area (TPSA) is 70.2 Å². The van der Waals surface area contributed by atoms with Crippen LogP contribution in [0, 0.1) is 0 Å². The lowest BCUT2D eigenvalue weighted by molar-refractivity contribution is -0.274. The number of hydrogen-bond donors (Lipinski definition) is 0. The molecule has 7 nitrogen and oxygen atoms in total. The lowest BCUT2D eigenvalue weighted by atomic mass is 10.2. The Kier molecular flexibility index (Phi) is 7.98. The molecular formula is C22H26F3N3O4S. The van der Waals surface area contributed by atoms with Gasteiger partial charge in [0, 0.05) is 32.7 Å². The predicted octanol–water partition coefficient (Wildman–Crippen LogP) is 2.69. The fourth-order valence-electron chi connectivity index (χ4n) is 3.59. The number of piperazine rings is 1. The Bertz CT molecular complexity index is 1020. The van der Waals surface area contributed by atoms with E-state index in [1.54, 1.807) is 41.1 Å². The summed E-state index contributed by atoms with van der Waals surface area (Å²) in [6.45, 7) is 1.58. The largest absolute Gasteiger partial charge is 0.573 e. The molecule has 2 aromatic carbocycles. The van der Waals surface area contributed by atoms with Crippen LogP contribution in [0.4, 0.5) is 13.2 Å². The highest BCUT2D eigenvalue weighted by molar-refractivity contribution is 7.88. The molecule has 0 bridgehead atoms. The van der Waals surface area contributed by atoms with Gasteiger partial charge in [0.15, 0.2) is 0 Å². The predicted molar refractivity (Wildman–Crippen MR) is 117 cm³/mol. The van der Waals surface area contributed by atoms with Gasteiger partial charge in [0.05, 0.1) is 12.3 Å². The Balaban J connectivity index is 1.46. The molecular weight excluding hydrogens is 459 g/mol. The third-order valence-corrected chi connectivity index (χ3v) is 7.04. The summed E-state index contributed by atoms with van der Waals surface area (Å²) < 4.78 is 67.3. The van der Waals surface area contributed by atoms with Crippen LogP contribution in [0.1, 0.15) is 11.1 Å². The lowest BCUT2D eigenvalue weighted by Gasteiger charge is -2.34. The SMILES string of the molecule is CN(CC(=O)N1CCN(S(=O)(=O)Cc2ccccc2)CC1)Cc1ccc(OC(F)(F)F)cc1. The van der Waals surface area contributed by atoms with E-state index in [4.69, 9.17) is 0 Å². The highest BCUT2D eigenvalue weighted by Crippen LogP contribution is 2.23. The summed E-state index contributed by atoms with van der Waals surface area (Å²) in [5.41, 5.74) is 1.45. The third-order valence-electron chi connectivity index (χ3n) is 5.19. The normalized spacial score (nSPS) is 15.6. The van der Waals surface area contributed by atoms with Gasteiger partial charge in [-0.1, -0.05) is 42.5 Å². The Morgan fingerprint density at radius 1 is 0.970 bits per heavy atom. The van der Waals surface area contributed by atoms with Gasteiger partial charge in [-0.3, -0.25) is 9.69 Å². The first-order valence-corrected chi connectivity index (χ1v) is 12.0. The Hall–Kier alpha value is -2.63. The summed E-state index contributed by atoms with van der Waals surface area (Å²) in [5.74, 6) is -0.503. The maximum atomic E-state index is 12.7. The van der Waals surface area contributed by atoms with Gasteiger partial charge in [-0.05, 0) is 30.3 Å². The van der Waals surface area contributed by atoms with Crippen LogP contribution in [0.25, 0.3) is 0 Å². The van der Waals surface area contributed by atoms with E-state index < -0.39 is 16.4 Å². The summed E-state index contributed by atoms with van der Waals surface area (Å²) in [6.07, 6.45) is -4.74. The number of carbonyl (C=O) groups excluding carboxylic acids is 1. The highest BCUT2D eigenvalue weighted by Gasteiger charge is 2.31. The summed E-state index contributed by atoms with van der Waals surface area (Å²) in [5, 5.41) is 0. The van der Waals surface area contributed by atoms with E-state index >= 15 is 0 Å². The van der Waals surface area contributed by atoms with Crippen LogP contribution in [-0.4, -0.2) is 74.6 Å². The van der Waals surface area contributed by atoms with E-state index in [-0.39, 0.29) is 37.0 Å². The van der Waals surface area contributed by atoms with Gasteiger partial charge in [-0.15, -0.1) is 13.2 Å². The van der Waals surface area contributed by atoms with Crippen molar-refractivity contribution in [3.8, 4) is 5.75 Å². The standard InChI is InChI=1S/C22H26F3N3O4S/c1-26(15-18-7-9-20(10-8-18)32-22(23,24)25)16-21(29)27-11-13-28(14-12-27)33(30,31)17-19-5-3-2-4-6-19/h2-10H,11-17H2,1H3. The van der Waals surface area contributed by atoms with Gasteiger partial charge in [-0.2, -0.15) is 4.31 Å². The number of hydrogen-bond acceptors (Lipinski definition) is 5. The summed E-state index contributed by atoms with van der Waals surface area (Å²) in [6, 6.07) is 14.4. The third kappa shape index (κ3) is 7.72. The second-order valence-electron chi connectivity index (χ2n) is 7.89. The first-order valence-electron chi connectivity index (χ1n) is 10.3. The van der Waals surface area contributed by atoms with Crippen molar-refractivity contribution in [2.24, 2.45) is 0 Å². The van der Waals surface area contributed by atoms with Crippen molar-refractivity contribution in [2.45, 2.75) is 18.7 Å². The molecule has 3 rings (SSSR count). The van der Waals surface area contributed by atoms with Crippen molar-refractivity contribution in [1.82, 2.24) is 14.1 Å². The van der Waals surface area contributed by atoms with Gasteiger partial charge < -0.3 is 9.64 Å². The Morgan fingerprint density at radius 2 is 1.58 bits per heavy atom. The molecule has 0 unspecified atom stereocenters. The van der Waals surface area contributed by atoms with Gasteiger partial charge in [-0.25, -0.2) is 8.42 Å². The molecule has 0 atom stereocenters. The van der Waals surface area contributed by atoms with Crippen LogP contribution in [0.3, 0.4) is 0 Å². The fourth-order valence-corrected chi connectivity index (χ4v) is 5.10. The molecule has 1 heterocycles. The number of amides is 1. The summed E-state index contributed by atoms with van der Waals surface area (Å²) in [4.78, 5) is 16.0. The molecule has 180 valence electrons. The Morgan fingerprint density at radius 3 is 2.15 bits per heavy atom. The molecule has 2 aromatic rings. The van der Waals surface area contributed by atoms with Crippen molar-refractivity contribution in [2.75, 3.05) is 39.8 Å². The molecule has 0 spiro atoms. The monoisotopic (exact) mass is 485 g/mol. The average Bonchev–Trinajstić information content (AvgIpc) is 2.74. The van der Waals surface area contributed by atoms with Gasteiger partial charge in [0.1, 0.15) is 5.75 Å². The number of likely N-dealkylation sites (N-methyl/N-ethyl adjacent to an activating group) is 1. The molecule has 0 saturated carbocycles. The second kappa shape index (κ2) is 10.5. The molecule has 1 aliphatic rings. The second-order valence-corrected chi connectivity index (χ2v) is 9.85. The molecule has 1 fully saturated rings. The van der Waals surface area contributed by atoms with Gasteiger partial charge >= 0.3 is 6.36 Å². The van der Waals surface area contributed by atoms with Crippen LogP contribution in [0.15, 0.2) is 54.6 Å². The van der Waals surface area contributed by atoms with E-state index in [2.05, 4.69) is 4.74 Å². The van der Waals surface area contributed by atoms with Crippen LogP contribution in [0.2, 0.25) is 0 Å². The maximum Gasteiger partial charge on any atom is 0.573 e. The van der Waals surface area contributed by atoms with Crippen LogP contribution < -0.4 is 4.74 Å². The zero-order valence-corrected chi connectivity index (χ0v) is 19.0. The van der Waals surface area contributed by atoms with Crippen LogP contribution in [-0.2, 0) is 27.1 Å². The van der Waals surface area contributed by atoms with E-state index in [9.17, 15) is 26.4 Å². The zero-order chi connectivity index (χ0) is 24.1.